The van der Waals surface area contributed by atoms with E-state index in [4.69, 9.17) is 0 Å². The van der Waals surface area contributed by atoms with E-state index in [1.165, 1.54) is 6.07 Å². The zero-order valence-electron chi connectivity index (χ0n) is 17.7. The number of hydrogen-bond acceptors (Lipinski definition) is 3. The van der Waals surface area contributed by atoms with Crippen molar-refractivity contribution >= 4 is 35.8 Å². The van der Waals surface area contributed by atoms with E-state index in [0.717, 1.165) is 70.2 Å². The van der Waals surface area contributed by atoms with E-state index < -0.39 is 11.6 Å². The highest BCUT2D eigenvalue weighted by Gasteiger charge is 2.30. The number of guanidine groups is 1. The number of nitrogens with zero attached hydrogens (tertiary/aromatic N) is 4. The second-order valence-corrected chi connectivity index (χ2v) is 7.69. The summed E-state index contributed by atoms with van der Waals surface area (Å²) in [6, 6.07) is 3.42. The van der Waals surface area contributed by atoms with Crippen molar-refractivity contribution in [3.63, 3.8) is 0 Å². The van der Waals surface area contributed by atoms with E-state index in [0.29, 0.717) is 18.5 Å². The average Bonchev–Trinajstić information content (AvgIpc) is 3.27. The summed E-state index contributed by atoms with van der Waals surface area (Å²) in [4.78, 5) is 23.3. The van der Waals surface area contributed by atoms with E-state index in [-0.39, 0.29) is 35.9 Å². The Hall–Kier alpha value is -1.49. The predicted molar refractivity (Wildman–Crippen MR) is 125 cm³/mol. The number of nitrogens with one attached hydrogen (secondary N) is 1. The molecule has 0 saturated carbocycles. The minimum Gasteiger partial charge on any atom is -0.356 e. The number of likely N-dealkylation sites (tertiary alicyclic amines) is 1. The van der Waals surface area contributed by atoms with Crippen LogP contribution in [0.2, 0.25) is 0 Å². The molecule has 0 bridgehead atoms. The number of halogens is 3. The van der Waals surface area contributed by atoms with Crippen LogP contribution < -0.4 is 5.32 Å². The van der Waals surface area contributed by atoms with Crippen molar-refractivity contribution in [2.45, 2.75) is 32.2 Å². The molecule has 2 fully saturated rings. The van der Waals surface area contributed by atoms with Crippen molar-refractivity contribution in [3.8, 4) is 0 Å². The van der Waals surface area contributed by atoms with Crippen molar-refractivity contribution in [2.75, 3.05) is 52.9 Å². The van der Waals surface area contributed by atoms with Crippen LogP contribution in [0.5, 0.6) is 0 Å². The van der Waals surface area contributed by atoms with Gasteiger partial charge in [-0.05, 0) is 49.9 Å². The van der Waals surface area contributed by atoms with Crippen molar-refractivity contribution in [1.82, 2.24) is 20.0 Å². The summed E-state index contributed by atoms with van der Waals surface area (Å²) < 4.78 is 27.1. The first-order valence-corrected chi connectivity index (χ1v) is 10.4. The highest BCUT2D eigenvalue weighted by Crippen LogP contribution is 2.14. The van der Waals surface area contributed by atoms with Crippen molar-refractivity contribution in [2.24, 2.45) is 4.99 Å². The first-order valence-electron chi connectivity index (χ1n) is 10.4. The number of amides is 1. The molecule has 1 unspecified atom stereocenters. The fourth-order valence-electron chi connectivity index (χ4n) is 4.06. The Bertz CT molecular complexity index is 734. The molecule has 0 aromatic heterocycles. The van der Waals surface area contributed by atoms with Gasteiger partial charge in [-0.1, -0.05) is 0 Å². The van der Waals surface area contributed by atoms with Crippen LogP contribution in [0.3, 0.4) is 0 Å². The second kappa shape index (κ2) is 11.8. The number of piperazine rings is 1. The molecule has 0 radical (unpaired) electrons. The highest BCUT2D eigenvalue weighted by molar-refractivity contribution is 14.0. The molecule has 0 spiro atoms. The van der Waals surface area contributed by atoms with Gasteiger partial charge in [-0.3, -0.25) is 14.7 Å². The normalized spacial score (nSPS) is 18.9. The van der Waals surface area contributed by atoms with Crippen molar-refractivity contribution in [3.05, 3.63) is 35.4 Å². The number of carbonyl (C=O) groups is 1. The summed E-state index contributed by atoms with van der Waals surface area (Å²) in [5.74, 6) is 0.156. The number of rotatable bonds is 5. The number of carbonyl (C=O) groups excluding carboxylic acids is 1. The molecule has 2 heterocycles. The van der Waals surface area contributed by atoms with Crippen molar-refractivity contribution in [1.29, 1.82) is 0 Å². The number of aliphatic imine (C=N–C) groups is 1. The smallest absolute Gasteiger partial charge is 0.239 e. The summed E-state index contributed by atoms with van der Waals surface area (Å²) >= 11 is 0. The summed E-state index contributed by atoms with van der Waals surface area (Å²) in [6.07, 6.45) is 2.59. The molecule has 6 nitrogen and oxygen atoms in total. The van der Waals surface area contributed by atoms with Gasteiger partial charge in [-0.2, -0.15) is 0 Å². The molecule has 2 saturated heterocycles. The Morgan fingerprint density at radius 2 is 1.77 bits per heavy atom. The molecule has 2 aliphatic rings. The maximum absolute atomic E-state index is 13.8. The summed E-state index contributed by atoms with van der Waals surface area (Å²) in [7, 11) is 1.72. The second-order valence-electron chi connectivity index (χ2n) is 7.69. The fourth-order valence-corrected chi connectivity index (χ4v) is 4.06. The van der Waals surface area contributed by atoms with Gasteiger partial charge in [0.1, 0.15) is 11.6 Å². The van der Waals surface area contributed by atoms with Crippen LogP contribution in [0.15, 0.2) is 23.2 Å². The third-order valence-electron chi connectivity index (χ3n) is 5.83. The molecule has 2 aliphatic heterocycles. The van der Waals surface area contributed by atoms with Gasteiger partial charge in [-0.25, -0.2) is 8.78 Å². The van der Waals surface area contributed by atoms with Gasteiger partial charge in [0.15, 0.2) is 5.96 Å². The Morgan fingerprint density at radius 3 is 2.40 bits per heavy atom. The topological polar surface area (TPSA) is 51.2 Å². The molecular formula is C21H32F2IN5O. The van der Waals surface area contributed by atoms with E-state index >= 15 is 0 Å². The van der Waals surface area contributed by atoms with Crippen LogP contribution >= 0.6 is 24.0 Å². The van der Waals surface area contributed by atoms with Crippen molar-refractivity contribution < 1.29 is 13.6 Å². The van der Waals surface area contributed by atoms with Gasteiger partial charge in [0, 0.05) is 52.9 Å². The van der Waals surface area contributed by atoms with E-state index in [9.17, 15) is 13.6 Å². The molecular weight excluding hydrogens is 503 g/mol. The molecule has 1 atom stereocenters. The Balaban J connectivity index is 0.00000320. The number of benzene rings is 1. The van der Waals surface area contributed by atoms with Gasteiger partial charge >= 0.3 is 0 Å². The molecule has 1 aromatic carbocycles. The van der Waals surface area contributed by atoms with E-state index in [2.05, 4.69) is 20.1 Å². The van der Waals surface area contributed by atoms with E-state index in [1.54, 1.807) is 7.05 Å². The Kier molecular flexibility index (Phi) is 9.73. The lowest BCUT2D eigenvalue weighted by atomic mass is 10.1. The zero-order valence-corrected chi connectivity index (χ0v) is 20.1. The molecule has 1 aromatic rings. The van der Waals surface area contributed by atoms with Crippen LogP contribution in [-0.2, 0) is 11.2 Å². The fraction of sp³-hybridized carbons (Fsp3) is 0.619. The Morgan fingerprint density at radius 1 is 1.10 bits per heavy atom. The standard InChI is InChI=1S/C21H31F2N5O.HI/c1-16(20(29)27-9-3-4-10-27)26-11-13-28(14-12-26)21(24-2)25-8-7-17-15-18(22)5-6-19(17)23;/h5-6,15-16H,3-4,7-14H2,1-2H3,(H,24,25);1H. The zero-order chi connectivity index (χ0) is 20.8. The Labute approximate surface area is 194 Å². The summed E-state index contributed by atoms with van der Waals surface area (Å²) in [5.41, 5.74) is 0.354. The predicted octanol–water partition coefficient (Wildman–Crippen LogP) is 2.33. The lowest BCUT2D eigenvalue weighted by molar-refractivity contribution is -0.135. The average molecular weight is 535 g/mol. The van der Waals surface area contributed by atoms with Gasteiger partial charge in [0.05, 0.1) is 6.04 Å². The highest BCUT2D eigenvalue weighted by atomic mass is 127. The lowest BCUT2D eigenvalue weighted by Crippen LogP contribution is -2.57. The molecule has 1 amide bonds. The largest absolute Gasteiger partial charge is 0.356 e. The maximum Gasteiger partial charge on any atom is 0.239 e. The van der Waals surface area contributed by atoms with E-state index in [1.807, 2.05) is 11.8 Å². The van der Waals surface area contributed by atoms with Gasteiger partial charge in [0.2, 0.25) is 5.91 Å². The van der Waals surface area contributed by atoms with Crippen LogP contribution in [0.25, 0.3) is 0 Å². The SMILES string of the molecule is CN=C(NCCc1cc(F)ccc1F)N1CCN(C(C)C(=O)N2CCCC2)CC1.I. The lowest BCUT2D eigenvalue weighted by Gasteiger charge is -2.39. The van der Waals surface area contributed by atoms with Gasteiger partial charge < -0.3 is 15.1 Å². The van der Waals surface area contributed by atoms with Crippen LogP contribution in [0.4, 0.5) is 8.78 Å². The first kappa shape index (κ1) is 24.8. The molecule has 1 N–H and O–H groups in total. The molecule has 9 heteroatoms. The molecule has 168 valence electrons. The quantitative estimate of drug-likeness (QED) is 0.358. The molecule has 30 heavy (non-hydrogen) atoms. The van der Waals surface area contributed by atoms with Crippen LogP contribution in [0.1, 0.15) is 25.3 Å². The first-order chi connectivity index (χ1) is 14.0. The van der Waals surface area contributed by atoms with Gasteiger partial charge in [-0.15, -0.1) is 24.0 Å². The van der Waals surface area contributed by atoms with Gasteiger partial charge in [0.25, 0.3) is 0 Å². The minimum atomic E-state index is -0.431. The third-order valence-corrected chi connectivity index (χ3v) is 5.83. The molecule has 0 aliphatic carbocycles. The summed E-state index contributed by atoms with van der Waals surface area (Å²) in [5, 5.41) is 3.24. The molecule has 3 rings (SSSR count). The summed E-state index contributed by atoms with van der Waals surface area (Å²) in [6.45, 7) is 7.35. The minimum absolute atomic E-state index is 0. The maximum atomic E-state index is 13.8. The third kappa shape index (κ3) is 6.26. The number of hydrogen-bond donors (Lipinski definition) is 1. The van der Waals surface area contributed by atoms with Crippen LogP contribution in [-0.4, -0.2) is 85.5 Å². The monoisotopic (exact) mass is 535 g/mol. The van der Waals surface area contributed by atoms with Crippen LogP contribution in [0, 0.1) is 11.6 Å².